The predicted octanol–water partition coefficient (Wildman–Crippen LogP) is 2.46. The third kappa shape index (κ3) is 6.45. The molecular formula is C14H26N2O3. The van der Waals surface area contributed by atoms with Gasteiger partial charge in [0.1, 0.15) is 0 Å². The first-order valence-corrected chi connectivity index (χ1v) is 7.19. The molecule has 0 aliphatic heterocycles. The molecular weight excluding hydrogens is 244 g/mol. The van der Waals surface area contributed by atoms with Gasteiger partial charge in [-0.2, -0.15) is 0 Å². The Hall–Kier alpha value is -1.26. The molecule has 1 saturated carbocycles. The first kappa shape index (κ1) is 15.8. The average molecular weight is 270 g/mol. The molecule has 0 bridgehead atoms. The summed E-state index contributed by atoms with van der Waals surface area (Å²) in [7, 11) is 0. The Bertz CT molecular complexity index is 314. The quantitative estimate of drug-likeness (QED) is 0.712. The molecule has 0 spiro atoms. The lowest BCUT2D eigenvalue weighted by molar-refractivity contribution is -0.137. The molecule has 2 amide bonds. The van der Waals surface area contributed by atoms with Gasteiger partial charge in [0.25, 0.3) is 0 Å². The number of carbonyl (C=O) groups is 2. The van der Waals surface area contributed by atoms with Gasteiger partial charge in [-0.25, -0.2) is 4.79 Å². The number of hydrogen-bond donors (Lipinski definition) is 2. The van der Waals surface area contributed by atoms with Crippen molar-refractivity contribution in [2.75, 3.05) is 6.54 Å². The van der Waals surface area contributed by atoms with Crippen molar-refractivity contribution in [2.45, 2.75) is 65.0 Å². The van der Waals surface area contributed by atoms with E-state index in [0.29, 0.717) is 12.5 Å². The average Bonchev–Trinajstić information content (AvgIpc) is 3.10. The third-order valence-corrected chi connectivity index (χ3v) is 3.36. The Kier molecular flexibility index (Phi) is 6.12. The number of carboxylic acid groups (broad SMARTS) is 1. The summed E-state index contributed by atoms with van der Waals surface area (Å²) < 4.78 is 0. The van der Waals surface area contributed by atoms with Crippen LogP contribution in [-0.4, -0.2) is 40.6 Å². The monoisotopic (exact) mass is 270 g/mol. The molecule has 0 heterocycles. The maximum absolute atomic E-state index is 12.1. The van der Waals surface area contributed by atoms with Crippen molar-refractivity contribution in [1.82, 2.24) is 10.2 Å². The molecule has 5 heteroatoms. The zero-order chi connectivity index (χ0) is 14.4. The molecule has 110 valence electrons. The van der Waals surface area contributed by atoms with E-state index in [1.165, 1.54) is 0 Å². The van der Waals surface area contributed by atoms with Crippen LogP contribution in [0.5, 0.6) is 0 Å². The lowest BCUT2D eigenvalue weighted by Crippen LogP contribution is -2.45. The molecule has 5 nitrogen and oxygen atoms in total. The summed E-state index contributed by atoms with van der Waals surface area (Å²) in [6, 6.07) is 0.276. The molecule has 1 rings (SSSR count). The number of nitrogens with one attached hydrogen (secondary N) is 1. The van der Waals surface area contributed by atoms with E-state index >= 15 is 0 Å². The van der Waals surface area contributed by atoms with Crippen LogP contribution in [0.1, 0.15) is 52.9 Å². The van der Waals surface area contributed by atoms with Crippen LogP contribution in [0.25, 0.3) is 0 Å². The zero-order valence-corrected chi connectivity index (χ0v) is 12.2. The van der Waals surface area contributed by atoms with Gasteiger partial charge in [-0.3, -0.25) is 4.79 Å². The summed E-state index contributed by atoms with van der Waals surface area (Å²) in [5, 5.41) is 11.7. The van der Waals surface area contributed by atoms with Gasteiger partial charge in [0.05, 0.1) is 6.42 Å². The topological polar surface area (TPSA) is 69.6 Å². The highest BCUT2D eigenvalue weighted by Gasteiger charge is 2.33. The van der Waals surface area contributed by atoms with E-state index in [9.17, 15) is 9.59 Å². The van der Waals surface area contributed by atoms with Gasteiger partial charge in [-0.15, -0.1) is 0 Å². The van der Waals surface area contributed by atoms with Gasteiger partial charge in [0.2, 0.25) is 0 Å². The van der Waals surface area contributed by atoms with Crippen molar-refractivity contribution in [3.63, 3.8) is 0 Å². The van der Waals surface area contributed by atoms with Crippen LogP contribution in [0.15, 0.2) is 0 Å². The van der Waals surface area contributed by atoms with E-state index in [4.69, 9.17) is 5.11 Å². The minimum absolute atomic E-state index is 0.0181. The Morgan fingerprint density at radius 1 is 1.26 bits per heavy atom. The number of carboxylic acids is 1. The van der Waals surface area contributed by atoms with Crippen molar-refractivity contribution in [3.8, 4) is 0 Å². The second-order valence-electron chi connectivity index (χ2n) is 5.89. The van der Waals surface area contributed by atoms with Crippen LogP contribution in [0.4, 0.5) is 4.79 Å². The SMILES string of the molecule is CC(C)CCC(C)NC(=O)N(CCC(=O)O)C1CC1. The summed E-state index contributed by atoms with van der Waals surface area (Å²) in [4.78, 5) is 24.4. The standard InChI is InChI=1S/C14H26N2O3/c1-10(2)4-5-11(3)15-14(19)16(12-6-7-12)9-8-13(17)18/h10-12H,4-9H2,1-3H3,(H,15,19)(H,17,18). The fourth-order valence-corrected chi connectivity index (χ4v) is 2.00. The lowest BCUT2D eigenvalue weighted by Gasteiger charge is -2.25. The molecule has 1 aliphatic rings. The van der Waals surface area contributed by atoms with Crippen LogP contribution < -0.4 is 5.32 Å². The van der Waals surface area contributed by atoms with Crippen molar-refractivity contribution in [2.24, 2.45) is 5.92 Å². The molecule has 0 radical (unpaired) electrons. The van der Waals surface area contributed by atoms with Gasteiger partial charge in [0.15, 0.2) is 0 Å². The van der Waals surface area contributed by atoms with Crippen LogP contribution in [0.2, 0.25) is 0 Å². The molecule has 0 aromatic heterocycles. The van der Waals surface area contributed by atoms with Gasteiger partial charge < -0.3 is 15.3 Å². The van der Waals surface area contributed by atoms with Crippen molar-refractivity contribution >= 4 is 12.0 Å². The summed E-state index contributed by atoms with van der Waals surface area (Å²) in [6.07, 6.45) is 4.05. The number of nitrogens with zero attached hydrogens (tertiary/aromatic N) is 1. The molecule has 19 heavy (non-hydrogen) atoms. The summed E-state index contributed by atoms with van der Waals surface area (Å²) in [5.41, 5.74) is 0. The molecule has 2 N–H and O–H groups in total. The fraction of sp³-hybridized carbons (Fsp3) is 0.857. The third-order valence-electron chi connectivity index (χ3n) is 3.36. The Labute approximate surface area is 115 Å². The second kappa shape index (κ2) is 7.36. The van der Waals surface area contributed by atoms with Crippen molar-refractivity contribution in [3.05, 3.63) is 0 Å². The van der Waals surface area contributed by atoms with Crippen LogP contribution in [-0.2, 0) is 4.79 Å². The fourth-order valence-electron chi connectivity index (χ4n) is 2.00. The number of aliphatic carboxylic acids is 1. The van der Waals surface area contributed by atoms with E-state index in [0.717, 1.165) is 25.7 Å². The Balaban J connectivity index is 2.36. The molecule has 1 aliphatic carbocycles. The maximum Gasteiger partial charge on any atom is 0.317 e. The number of carbonyl (C=O) groups excluding carboxylic acids is 1. The summed E-state index contributed by atoms with van der Waals surface area (Å²) >= 11 is 0. The van der Waals surface area contributed by atoms with Crippen LogP contribution >= 0.6 is 0 Å². The molecule has 1 fully saturated rings. The van der Waals surface area contributed by atoms with E-state index in [-0.39, 0.29) is 24.5 Å². The molecule has 0 aromatic rings. The smallest absolute Gasteiger partial charge is 0.317 e. The lowest BCUT2D eigenvalue weighted by atomic mass is 10.0. The number of hydrogen-bond acceptors (Lipinski definition) is 2. The number of urea groups is 1. The second-order valence-corrected chi connectivity index (χ2v) is 5.89. The van der Waals surface area contributed by atoms with E-state index in [1.807, 2.05) is 6.92 Å². The van der Waals surface area contributed by atoms with Crippen molar-refractivity contribution < 1.29 is 14.7 Å². The largest absolute Gasteiger partial charge is 0.481 e. The molecule has 1 atom stereocenters. The molecule has 1 unspecified atom stereocenters. The van der Waals surface area contributed by atoms with Gasteiger partial charge >= 0.3 is 12.0 Å². The highest BCUT2D eigenvalue weighted by molar-refractivity contribution is 5.76. The van der Waals surface area contributed by atoms with E-state index < -0.39 is 5.97 Å². The van der Waals surface area contributed by atoms with Gasteiger partial charge in [-0.1, -0.05) is 13.8 Å². The summed E-state index contributed by atoms with van der Waals surface area (Å²) in [6.45, 7) is 6.64. The highest BCUT2D eigenvalue weighted by atomic mass is 16.4. The first-order chi connectivity index (χ1) is 8.90. The van der Waals surface area contributed by atoms with Crippen molar-refractivity contribution in [1.29, 1.82) is 0 Å². The van der Waals surface area contributed by atoms with Gasteiger partial charge in [-0.05, 0) is 38.5 Å². The van der Waals surface area contributed by atoms with Gasteiger partial charge in [0, 0.05) is 18.6 Å². The number of amides is 2. The first-order valence-electron chi connectivity index (χ1n) is 7.19. The summed E-state index contributed by atoms with van der Waals surface area (Å²) in [5.74, 6) is -0.225. The minimum atomic E-state index is -0.855. The van der Waals surface area contributed by atoms with Crippen LogP contribution in [0.3, 0.4) is 0 Å². The molecule has 0 aromatic carbocycles. The Morgan fingerprint density at radius 3 is 2.37 bits per heavy atom. The highest BCUT2D eigenvalue weighted by Crippen LogP contribution is 2.27. The normalized spacial score (nSPS) is 16.2. The maximum atomic E-state index is 12.1. The van der Waals surface area contributed by atoms with E-state index in [2.05, 4.69) is 19.2 Å². The minimum Gasteiger partial charge on any atom is -0.481 e. The van der Waals surface area contributed by atoms with Crippen LogP contribution in [0, 0.1) is 5.92 Å². The Morgan fingerprint density at radius 2 is 1.89 bits per heavy atom. The molecule has 0 saturated heterocycles. The van der Waals surface area contributed by atoms with E-state index in [1.54, 1.807) is 4.90 Å². The number of rotatable bonds is 8. The zero-order valence-electron chi connectivity index (χ0n) is 12.2. The predicted molar refractivity (Wildman–Crippen MR) is 74.0 cm³/mol.